The molecule has 0 unspecified atom stereocenters. The molecule has 33 heavy (non-hydrogen) atoms. The molecule has 164 valence electrons. The molecule has 4 N–H and O–H groups in total. The fourth-order valence-electron chi connectivity index (χ4n) is 3.47. The number of aromatic nitrogens is 3. The molecule has 4 rings (SSSR count). The first kappa shape index (κ1) is 21.6. The normalized spacial score (nSPS) is 11.6. The predicted octanol–water partition coefficient (Wildman–Crippen LogP) is 3.92. The third-order valence-corrected chi connectivity index (χ3v) is 5.29. The highest BCUT2D eigenvalue weighted by Gasteiger charge is 2.19. The van der Waals surface area contributed by atoms with Gasteiger partial charge in [-0.05, 0) is 42.8 Å². The molecule has 0 radical (unpaired) electrons. The van der Waals surface area contributed by atoms with Gasteiger partial charge in [0.2, 0.25) is 0 Å². The molecule has 0 saturated carbocycles. The van der Waals surface area contributed by atoms with E-state index in [4.69, 9.17) is 10.7 Å². The number of nitrogens with zero attached hydrogens (tertiary/aromatic N) is 3. The first-order chi connectivity index (χ1) is 15.9. The van der Waals surface area contributed by atoms with E-state index in [-0.39, 0.29) is 23.4 Å². The number of H-pyrrole nitrogens is 1. The number of nitrogens with one attached hydrogen (secondary N) is 4. The number of carbonyl (C=O) groups is 1. The van der Waals surface area contributed by atoms with Crippen molar-refractivity contribution in [1.82, 2.24) is 20.3 Å². The molecule has 0 aliphatic rings. The summed E-state index contributed by atoms with van der Waals surface area (Å²) >= 11 is 0. The second kappa shape index (κ2) is 8.88. The summed E-state index contributed by atoms with van der Waals surface area (Å²) in [5.74, 6) is -0.771. The van der Waals surface area contributed by atoms with Crippen molar-refractivity contribution < 1.29 is 9.18 Å². The van der Waals surface area contributed by atoms with E-state index in [9.17, 15) is 9.18 Å². The van der Waals surface area contributed by atoms with E-state index in [0.29, 0.717) is 33.5 Å². The van der Waals surface area contributed by atoms with Crippen molar-refractivity contribution in [3.05, 3.63) is 88.6 Å². The second-order valence-electron chi connectivity index (χ2n) is 7.40. The van der Waals surface area contributed by atoms with Gasteiger partial charge in [-0.25, -0.2) is 14.4 Å². The average molecular weight is 441 g/mol. The van der Waals surface area contributed by atoms with Crippen molar-refractivity contribution in [2.24, 2.45) is 0 Å². The van der Waals surface area contributed by atoms with Gasteiger partial charge < -0.3 is 15.6 Å². The lowest BCUT2D eigenvalue weighted by Gasteiger charge is -2.14. The second-order valence-corrected chi connectivity index (χ2v) is 7.40. The smallest absolute Gasteiger partial charge is 0.255 e. The maximum Gasteiger partial charge on any atom is 0.255 e. The summed E-state index contributed by atoms with van der Waals surface area (Å²) in [6.07, 6.45) is 2.96. The number of benzene rings is 2. The van der Waals surface area contributed by atoms with Gasteiger partial charge in [-0.2, -0.15) is 5.26 Å². The summed E-state index contributed by atoms with van der Waals surface area (Å²) in [5, 5.41) is 23.3. The SMILES string of the molecule is CNc1cc(F)ccc1C(=N)c1cnc2[nH]cc(C(=O)N[C@H](C)c3ccc(C#N)cc3)c2n1. The molecule has 0 spiro atoms. The summed E-state index contributed by atoms with van der Waals surface area (Å²) in [6.45, 7) is 1.84. The topological polar surface area (TPSA) is 130 Å². The molecule has 0 fully saturated rings. The molecule has 1 amide bonds. The molecule has 0 aliphatic heterocycles. The monoisotopic (exact) mass is 441 g/mol. The number of carbonyl (C=O) groups excluding carboxylic acids is 1. The number of rotatable bonds is 6. The van der Waals surface area contributed by atoms with Crippen LogP contribution in [0, 0.1) is 22.6 Å². The zero-order valence-corrected chi connectivity index (χ0v) is 17.9. The summed E-state index contributed by atoms with van der Waals surface area (Å²) < 4.78 is 13.6. The number of hydrogen-bond donors (Lipinski definition) is 4. The Morgan fingerprint density at radius 1 is 1.21 bits per heavy atom. The minimum atomic E-state index is -0.418. The highest BCUT2D eigenvalue weighted by Crippen LogP contribution is 2.22. The van der Waals surface area contributed by atoms with E-state index in [1.54, 1.807) is 31.3 Å². The zero-order chi connectivity index (χ0) is 23.5. The molecule has 0 aliphatic carbocycles. The highest BCUT2D eigenvalue weighted by atomic mass is 19.1. The average Bonchev–Trinajstić information content (AvgIpc) is 3.27. The minimum Gasteiger partial charge on any atom is -0.387 e. The van der Waals surface area contributed by atoms with Crippen LogP contribution in [-0.2, 0) is 0 Å². The van der Waals surface area contributed by atoms with Gasteiger partial charge in [0.1, 0.15) is 17.0 Å². The van der Waals surface area contributed by atoms with Crippen LogP contribution in [0.25, 0.3) is 11.2 Å². The molecule has 2 aromatic heterocycles. The van der Waals surface area contributed by atoms with Gasteiger partial charge >= 0.3 is 0 Å². The molecule has 0 saturated heterocycles. The third-order valence-electron chi connectivity index (χ3n) is 5.29. The van der Waals surface area contributed by atoms with Gasteiger partial charge in [0, 0.05) is 24.5 Å². The number of aromatic amines is 1. The van der Waals surface area contributed by atoms with Crippen LogP contribution in [0.1, 0.15) is 45.7 Å². The van der Waals surface area contributed by atoms with Gasteiger partial charge in [-0.15, -0.1) is 0 Å². The van der Waals surface area contributed by atoms with Crippen molar-refractivity contribution in [3.8, 4) is 6.07 Å². The van der Waals surface area contributed by atoms with E-state index >= 15 is 0 Å². The first-order valence-corrected chi connectivity index (χ1v) is 10.1. The number of nitriles is 1. The number of fused-ring (bicyclic) bond motifs is 1. The Labute approximate surface area is 189 Å². The largest absolute Gasteiger partial charge is 0.387 e. The van der Waals surface area contributed by atoms with Gasteiger partial charge in [0.05, 0.1) is 35.1 Å². The van der Waals surface area contributed by atoms with E-state index < -0.39 is 5.82 Å². The number of anilines is 1. The van der Waals surface area contributed by atoms with Crippen LogP contribution in [-0.4, -0.2) is 33.6 Å². The molecule has 2 aromatic carbocycles. The Hall–Kier alpha value is -4.58. The van der Waals surface area contributed by atoms with Crippen LogP contribution in [0.15, 0.2) is 54.9 Å². The van der Waals surface area contributed by atoms with Crippen LogP contribution < -0.4 is 10.6 Å². The van der Waals surface area contributed by atoms with Crippen LogP contribution in [0.2, 0.25) is 0 Å². The summed E-state index contributed by atoms with van der Waals surface area (Å²) in [4.78, 5) is 24.7. The van der Waals surface area contributed by atoms with Gasteiger partial charge in [0.25, 0.3) is 5.91 Å². The molecule has 1 atom stereocenters. The van der Waals surface area contributed by atoms with Crippen molar-refractivity contribution >= 4 is 28.5 Å². The van der Waals surface area contributed by atoms with Crippen molar-refractivity contribution in [1.29, 1.82) is 10.7 Å². The van der Waals surface area contributed by atoms with Crippen LogP contribution in [0.4, 0.5) is 10.1 Å². The Morgan fingerprint density at radius 3 is 2.67 bits per heavy atom. The lowest BCUT2D eigenvalue weighted by molar-refractivity contribution is 0.0941. The molecule has 8 nitrogen and oxygen atoms in total. The Kier molecular flexibility index (Phi) is 5.83. The molecule has 9 heteroatoms. The summed E-state index contributed by atoms with van der Waals surface area (Å²) in [5.41, 5.74) is 3.64. The van der Waals surface area contributed by atoms with Crippen molar-refractivity contribution in [2.75, 3.05) is 12.4 Å². The maximum atomic E-state index is 13.6. The fourth-order valence-corrected chi connectivity index (χ4v) is 3.47. The van der Waals surface area contributed by atoms with E-state index in [0.717, 1.165) is 5.56 Å². The van der Waals surface area contributed by atoms with Crippen molar-refractivity contribution in [2.45, 2.75) is 13.0 Å². The Morgan fingerprint density at radius 2 is 1.97 bits per heavy atom. The van der Waals surface area contributed by atoms with Gasteiger partial charge in [-0.1, -0.05) is 12.1 Å². The number of hydrogen-bond acceptors (Lipinski definition) is 6. The Bertz CT molecular complexity index is 1400. The third kappa shape index (κ3) is 4.27. The predicted molar refractivity (Wildman–Crippen MR) is 123 cm³/mol. The van der Waals surface area contributed by atoms with Crippen LogP contribution in [0.5, 0.6) is 0 Å². The minimum absolute atomic E-state index is 0.0484. The number of halogens is 1. The van der Waals surface area contributed by atoms with E-state index in [1.165, 1.54) is 30.6 Å². The zero-order valence-electron chi connectivity index (χ0n) is 17.9. The summed E-state index contributed by atoms with van der Waals surface area (Å²) in [7, 11) is 1.64. The quantitative estimate of drug-likeness (QED) is 0.337. The molecular weight excluding hydrogens is 421 g/mol. The molecule has 2 heterocycles. The van der Waals surface area contributed by atoms with Crippen molar-refractivity contribution in [3.63, 3.8) is 0 Å². The van der Waals surface area contributed by atoms with Gasteiger partial charge in [-0.3, -0.25) is 10.2 Å². The first-order valence-electron chi connectivity index (χ1n) is 10.1. The lowest BCUT2D eigenvalue weighted by Crippen LogP contribution is -2.26. The van der Waals surface area contributed by atoms with Crippen LogP contribution in [0.3, 0.4) is 0 Å². The molecular formula is C24H20FN7O. The summed E-state index contributed by atoms with van der Waals surface area (Å²) in [6, 6.07) is 12.8. The van der Waals surface area contributed by atoms with Crippen LogP contribution >= 0.6 is 0 Å². The standard InChI is InChI=1S/C24H20FN7O/c1-13(15-5-3-14(10-26)4-6-15)31-24(33)18-11-29-23-22(18)32-20(12-30-23)21(27)17-8-7-16(25)9-19(17)28-2/h3-9,11-13,27-28H,1-2H3,(H,29,30)(H,31,33)/t13-/m1/s1. The molecule has 4 aromatic rings. The Balaban J connectivity index is 1.62. The fraction of sp³-hybridized carbons (Fsp3) is 0.125. The van der Waals surface area contributed by atoms with E-state index in [2.05, 4.69) is 31.7 Å². The lowest BCUT2D eigenvalue weighted by atomic mass is 10.0. The maximum absolute atomic E-state index is 13.6. The van der Waals surface area contributed by atoms with E-state index in [1.807, 2.05) is 6.92 Å². The molecule has 0 bridgehead atoms. The highest BCUT2D eigenvalue weighted by molar-refractivity contribution is 6.14. The van der Waals surface area contributed by atoms with Gasteiger partial charge in [0.15, 0.2) is 5.65 Å². The number of amides is 1.